The van der Waals surface area contributed by atoms with Crippen LogP contribution in [0.15, 0.2) is 46.9 Å². The first-order chi connectivity index (χ1) is 9.08. The molecule has 0 aromatic heterocycles. The van der Waals surface area contributed by atoms with Gasteiger partial charge in [0.2, 0.25) is 0 Å². The van der Waals surface area contributed by atoms with Crippen LogP contribution in [-0.4, -0.2) is 4.92 Å². The van der Waals surface area contributed by atoms with Crippen molar-refractivity contribution >= 4 is 21.6 Å². The number of hydrogen-bond donors (Lipinski definition) is 0. The molecule has 0 aliphatic heterocycles. The number of nitrogens with zero attached hydrogens (tertiary/aromatic N) is 1. The van der Waals surface area contributed by atoms with Crippen molar-refractivity contribution in [3.8, 4) is 5.75 Å². The van der Waals surface area contributed by atoms with E-state index in [-0.39, 0.29) is 5.69 Å². The molecule has 0 radical (unpaired) electrons. The lowest BCUT2D eigenvalue weighted by Gasteiger charge is -2.08. The Kier molecular flexibility index (Phi) is 4.16. The zero-order valence-corrected chi connectivity index (χ0v) is 11.9. The average Bonchev–Trinajstić information content (AvgIpc) is 2.37. The Morgan fingerprint density at radius 2 is 1.89 bits per heavy atom. The minimum atomic E-state index is -0.410. The fourth-order valence-corrected chi connectivity index (χ4v) is 1.99. The molecule has 0 bridgehead atoms. The number of aryl methyl sites for hydroxylation is 1. The molecule has 0 unspecified atom stereocenters. The molecule has 2 aromatic carbocycles. The molecule has 0 heterocycles. The second-order valence-corrected chi connectivity index (χ2v) is 5.01. The van der Waals surface area contributed by atoms with Crippen LogP contribution in [0.1, 0.15) is 11.1 Å². The lowest BCUT2D eigenvalue weighted by molar-refractivity contribution is -0.386. The smallest absolute Gasteiger partial charge is 0.313 e. The van der Waals surface area contributed by atoms with Crippen molar-refractivity contribution < 1.29 is 9.66 Å². The van der Waals surface area contributed by atoms with Crippen LogP contribution in [0.5, 0.6) is 5.75 Å². The summed E-state index contributed by atoms with van der Waals surface area (Å²) >= 11 is 3.35. The Morgan fingerprint density at radius 3 is 2.53 bits per heavy atom. The zero-order chi connectivity index (χ0) is 13.8. The van der Waals surface area contributed by atoms with Gasteiger partial charge in [0.15, 0.2) is 5.75 Å². The van der Waals surface area contributed by atoms with E-state index in [2.05, 4.69) is 15.9 Å². The quantitative estimate of drug-likeness (QED) is 0.625. The Labute approximate surface area is 119 Å². The highest BCUT2D eigenvalue weighted by atomic mass is 79.9. The number of halogens is 1. The van der Waals surface area contributed by atoms with Crippen LogP contribution < -0.4 is 4.74 Å². The van der Waals surface area contributed by atoms with Gasteiger partial charge in [-0.3, -0.25) is 10.1 Å². The Hall–Kier alpha value is -1.88. The molecule has 0 atom stereocenters. The van der Waals surface area contributed by atoms with E-state index >= 15 is 0 Å². The van der Waals surface area contributed by atoms with Crippen LogP contribution in [-0.2, 0) is 6.61 Å². The molecule has 0 N–H and O–H groups in total. The minimum Gasteiger partial charge on any atom is -0.482 e. The summed E-state index contributed by atoms with van der Waals surface area (Å²) in [5.41, 5.74) is 1.58. The first-order valence-electron chi connectivity index (χ1n) is 5.69. The van der Waals surface area contributed by atoms with Crippen LogP contribution in [0.2, 0.25) is 0 Å². The number of nitro benzene ring substituents is 1. The Balaban J connectivity index is 2.18. The standard InChI is InChI=1S/C14H12BrNO3/c1-10-3-2-4-13(14(10)16(17)18)19-9-11-5-7-12(15)8-6-11/h2-8H,9H2,1H3. The third-order valence-electron chi connectivity index (χ3n) is 2.69. The second kappa shape index (κ2) is 5.84. The van der Waals surface area contributed by atoms with E-state index in [1.54, 1.807) is 25.1 Å². The molecule has 98 valence electrons. The van der Waals surface area contributed by atoms with E-state index in [1.807, 2.05) is 24.3 Å². The van der Waals surface area contributed by atoms with Gasteiger partial charge >= 0.3 is 5.69 Å². The van der Waals surface area contributed by atoms with Gasteiger partial charge in [0, 0.05) is 10.0 Å². The highest BCUT2D eigenvalue weighted by Crippen LogP contribution is 2.30. The number of hydrogen-bond acceptors (Lipinski definition) is 3. The highest BCUT2D eigenvalue weighted by molar-refractivity contribution is 9.10. The van der Waals surface area contributed by atoms with Gasteiger partial charge in [-0.05, 0) is 30.7 Å². The van der Waals surface area contributed by atoms with Crippen molar-refractivity contribution in [1.82, 2.24) is 0 Å². The lowest BCUT2D eigenvalue weighted by atomic mass is 10.2. The number of nitro groups is 1. The SMILES string of the molecule is Cc1cccc(OCc2ccc(Br)cc2)c1[N+](=O)[O-]. The molecule has 4 nitrogen and oxygen atoms in total. The lowest BCUT2D eigenvalue weighted by Crippen LogP contribution is -2.00. The van der Waals surface area contributed by atoms with Gasteiger partial charge in [-0.15, -0.1) is 0 Å². The van der Waals surface area contributed by atoms with E-state index in [9.17, 15) is 10.1 Å². The number of rotatable bonds is 4. The molecule has 5 heteroatoms. The van der Waals surface area contributed by atoms with Gasteiger partial charge < -0.3 is 4.74 Å². The van der Waals surface area contributed by atoms with Gasteiger partial charge in [0.1, 0.15) is 6.61 Å². The monoisotopic (exact) mass is 321 g/mol. The molecule has 0 aliphatic rings. The maximum absolute atomic E-state index is 11.0. The van der Waals surface area contributed by atoms with Crippen LogP contribution >= 0.6 is 15.9 Å². The third-order valence-corrected chi connectivity index (χ3v) is 3.22. The summed E-state index contributed by atoms with van der Waals surface area (Å²) in [7, 11) is 0. The Morgan fingerprint density at radius 1 is 1.21 bits per heavy atom. The number of para-hydroxylation sites is 1. The summed E-state index contributed by atoms with van der Waals surface area (Å²) in [6.45, 7) is 2.00. The summed E-state index contributed by atoms with van der Waals surface area (Å²) in [5, 5.41) is 11.0. The molecule has 0 saturated heterocycles. The first-order valence-corrected chi connectivity index (χ1v) is 6.48. The van der Waals surface area contributed by atoms with Crippen molar-refractivity contribution in [2.75, 3.05) is 0 Å². The van der Waals surface area contributed by atoms with Crippen LogP contribution in [0, 0.1) is 17.0 Å². The van der Waals surface area contributed by atoms with Crippen molar-refractivity contribution in [3.63, 3.8) is 0 Å². The van der Waals surface area contributed by atoms with Gasteiger partial charge in [-0.25, -0.2) is 0 Å². The molecular formula is C14H12BrNO3. The molecular weight excluding hydrogens is 310 g/mol. The summed E-state index contributed by atoms with van der Waals surface area (Å²) in [5.74, 6) is 0.299. The van der Waals surface area contributed by atoms with E-state index in [0.717, 1.165) is 10.0 Å². The topological polar surface area (TPSA) is 52.4 Å². The van der Waals surface area contributed by atoms with Crippen molar-refractivity contribution in [2.45, 2.75) is 13.5 Å². The largest absolute Gasteiger partial charge is 0.482 e. The fraction of sp³-hybridized carbons (Fsp3) is 0.143. The maximum Gasteiger partial charge on any atom is 0.313 e. The maximum atomic E-state index is 11.0. The van der Waals surface area contributed by atoms with E-state index in [1.165, 1.54) is 0 Å². The molecule has 0 fully saturated rings. The predicted molar refractivity (Wildman–Crippen MR) is 76.3 cm³/mol. The first kappa shape index (κ1) is 13.5. The van der Waals surface area contributed by atoms with Crippen LogP contribution in [0.25, 0.3) is 0 Å². The average molecular weight is 322 g/mol. The zero-order valence-electron chi connectivity index (χ0n) is 10.3. The van der Waals surface area contributed by atoms with E-state index in [0.29, 0.717) is 17.9 Å². The van der Waals surface area contributed by atoms with Gasteiger partial charge in [0.05, 0.1) is 4.92 Å². The van der Waals surface area contributed by atoms with E-state index < -0.39 is 4.92 Å². The van der Waals surface area contributed by atoms with Gasteiger partial charge in [-0.2, -0.15) is 0 Å². The second-order valence-electron chi connectivity index (χ2n) is 4.09. The normalized spacial score (nSPS) is 10.2. The number of benzene rings is 2. The molecule has 0 saturated carbocycles. The van der Waals surface area contributed by atoms with Gasteiger partial charge in [-0.1, -0.05) is 40.2 Å². The minimum absolute atomic E-state index is 0.0274. The van der Waals surface area contributed by atoms with Crippen molar-refractivity contribution in [1.29, 1.82) is 0 Å². The number of ether oxygens (including phenoxy) is 1. The fourth-order valence-electron chi connectivity index (χ4n) is 1.72. The van der Waals surface area contributed by atoms with Crippen LogP contribution in [0.4, 0.5) is 5.69 Å². The molecule has 0 spiro atoms. The highest BCUT2D eigenvalue weighted by Gasteiger charge is 2.17. The molecule has 2 rings (SSSR count). The molecule has 19 heavy (non-hydrogen) atoms. The summed E-state index contributed by atoms with van der Waals surface area (Å²) in [4.78, 5) is 10.6. The van der Waals surface area contributed by atoms with Crippen molar-refractivity contribution in [3.05, 3.63) is 68.2 Å². The summed E-state index contributed by atoms with van der Waals surface area (Å²) < 4.78 is 6.53. The van der Waals surface area contributed by atoms with E-state index in [4.69, 9.17) is 4.74 Å². The third kappa shape index (κ3) is 3.32. The van der Waals surface area contributed by atoms with Crippen LogP contribution in [0.3, 0.4) is 0 Å². The van der Waals surface area contributed by atoms with Crippen molar-refractivity contribution in [2.24, 2.45) is 0 Å². The Bertz CT molecular complexity index is 596. The molecule has 0 aliphatic carbocycles. The summed E-state index contributed by atoms with van der Waals surface area (Å²) in [6.07, 6.45) is 0. The van der Waals surface area contributed by atoms with Gasteiger partial charge in [0.25, 0.3) is 0 Å². The predicted octanol–water partition coefficient (Wildman–Crippen LogP) is 4.24. The summed E-state index contributed by atoms with van der Waals surface area (Å²) in [6, 6.07) is 12.7. The molecule has 0 amide bonds. The molecule has 2 aromatic rings.